The van der Waals surface area contributed by atoms with Gasteiger partial charge in [-0.25, -0.2) is 13.1 Å². The molecule has 0 aromatic heterocycles. The molecule has 0 radical (unpaired) electrons. The van der Waals surface area contributed by atoms with Crippen LogP contribution in [0.4, 0.5) is 0 Å². The molecule has 1 fully saturated rings. The summed E-state index contributed by atoms with van der Waals surface area (Å²) in [6, 6.07) is 4.61. The molecule has 2 rings (SSSR count). The maximum atomic E-state index is 12.3. The molecule has 1 aliphatic carbocycles. The van der Waals surface area contributed by atoms with Gasteiger partial charge < -0.3 is 5.73 Å². The van der Waals surface area contributed by atoms with Crippen LogP contribution in [0.3, 0.4) is 0 Å². The highest BCUT2D eigenvalue weighted by molar-refractivity contribution is 7.88. The summed E-state index contributed by atoms with van der Waals surface area (Å²) in [5.74, 6) is 0.198. The Kier molecular flexibility index (Phi) is 5.91. The second-order valence-electron chi connectivity index (χ2n) is 5.54. The van der Waals surface area contributed by atoms with Crippen molar-refractivity contribution < 1.29 is 8.42 Å². The van der Waals surface area contributed by atoms with Gasteiger partial charge >= 0.3 is 0 Å². The number of sulfonamides is 1. The Balaban J connectivity index is 2.06. The number of benzene rings is 1. The largest absolute Gasteiger partial charge is 0.329 e. The number of nitrogens with two attached hydrogens (primary N) is 1. The smallest absolute Gasteiger partial charge is 0.216 e. The lowest BCUT2D eigenvalue weighted by Crippen LogP contribution is -2.44. The van der Waals surface area contributed by atoms with Crippen molar-refractivity contribution in [1.82, 2.24) is 4.72 Å². The molecule has 7 heteroatoms. The summed E-state index contributed by atoms with van der Waals surface area (Å²) < 4.78 is 27.3. The highest BCUT2D eigenvalue weighted by atomic mass is 35.5. The normalized spacial score (nSPS) is 18.0. The lowest BCUT2D eigenvalue weighted by molar-refractivity contribution is 0.405. The van der Waals surface area contributed by atoms with Gasteiger partial charge in [0.2, 0.25) is 10.0 Å². The van der Waals surface area contributed by atoms with E-state index in [-0.39, 0.29) is 11.8 Å². The third-order valence-electron chi connectivity index (χ3n) is 3.83. The van der Waals surface area contributed by atoms with Crippen molar-refractivity contribution in [3.8, 4) is 0 Å². The van der Waals surface area contributed by atoms with E-state index >= 15 is 0 Å². The van der Waals surface area contributed by atoms with Crippen LogP contribution in [0, 0.1) is 5.92 Å². The quantitative estimate of drug-likeness (QED) is 0.828. The molecule has 4 nitrogen and oxygen atoms in total. The van der Waals surface area contributed by atoms with Crippen molar-refractivity contribution in [1.29, 1.82) is 0 Å². The number of hydrogen-bond donors (Lipinski definition) is 2. The summed E-state index contributed by atoms with van der Waals surface area (Å²) in [6.45, 7) is 0.320. The first-order chi connectivity index (χ1) is 9.89. The number of hydrogen-bond acceptors (Lipinski definition) is 3. The van der Waals surface area contributed by atoms with E-state index in [1.54, 1.807) is 18.2 Å². The summed E-state index contributed by atoms with van der Waals surface area (Å²) in [5.41, 5.74) is 6.30. The first-order valence-electron chi connectivity index (χ1n) is 7.04. The third-order valence-corrected chi connectivity index (χ3v) is 5.64. The van der Waals surface area contributed by atoms with Crippen LogP contribution in [0.15, 0.2) is 18.2 Å². The third kappa shape index (κ3) is 5.11. The van der Waals surface area contributed by atoms with Crippen LogP contribution in [-0.2, 0) is 15.8 Å². The fourth-order valence-electron chi connectivity index (χ4n) is 2.88. The highest BCUT2D eigenvalue weighted by Crippen LogP contribution is 2.28. The van der Waals surface area contributed by atoms with Gasteiger partial charge in [-0.05, 0) is 42.5 Å². The first kappa shape index (κ1) is 17.0. The molecule has 3 N–H and O–H groups in total. The Morgan fingerprint density at radius 2 is 1.76 bits per heavy atom. The van der Waals surface area contributed by atoms with Crippen LogP contribution in [0.25, 0.3) is 0 Å². The van der Waals surface area contributed by atoms with Gasteiger partial charge in [-0.2, -0.15) is 0 Å². The zero-order valence-electron chi connectivity index (χ0n) is 11.7. The molecule has 0 bridgehead atoms. The molecule has 118 valence electrons. The van der Waals surface area contributed by atoms with E-state index in [4.69, 9.17) is 28.9 Å². The second-order valence-corrected chi connectivity index (χ2v) is 8.17. The minimum Gasteiger partial charge on any atom is -0.329 e. The second kappa shape index (κ2) is 7.29. The van der Waals surface area contributed by atoms with Gasteiger partial charge in [0.25, 0.3) is 0 Å². The number of nitrogens with one attached hydrogen (secondary N) is 1. The molecular weight excluding hydrogens is 331 g/mol. The zero-order chi connectivity index (χ0) is 15.5. The molecule has 0 heterocycles. The van der Waals surface area contributed by atoms with Crippen LogP contribution in [0.5, 0.6) is 0 Å². The van der Waals surface area contributed by atoms with Gasteiger partial charge in [0.05, 0.1) is 5.75 Å². The van der Waals surface area contributed by atoms with Crippen LogP contribution < -0.4 is 10.5 Å². The Morgan fingerprint density at radius 1 is 1.19 bits per heavy atom. The van der Waals surface area contributed by atoms with Crippen LogP contribution in [0.1, 0.15) is 31.2 Å². The average Bonchev–Trinajstić information content (AvgIpc) is 2.87. The molecule has 1 atom stereocenters. The van der Waals surface area contributed by atoms with E-state index < -0.39 is 10.0 Å². The minimum atomic E-state index is -3.46. The molecular formula is C14H20Cl2N2O2S. The molecule has 21 heavy (non-hydrogen) atoms. The predicted octanol–water partition coefficient (Wildman–Crippen LogP) is 2.93. The lowest BCUT2D eigenvalue weighted by Gasteiger charge is -2.23. The first-order valence-corrected chi connectivity index (χ1v) is 9.45. The molecule has 1 unspecified atom stereocenters. The standard InChI is InChI=1S/C14H20Cl2N2O2S/c15-12-5-10(6-13(16)7-12)9-21(19,20)18-14(8-17)11-3-1-2-4-11/h5-7,11,14,18H,1-4,8-9,17H2. The average molecular weight is 351 g/mol. The van der Waals surface area contributed by atoms with E-state index in [1.807, 2.05) is 0 Å². The van der Waals surface area contributed by atoms with Gasteiger partial charge in [0.15, 0.2) is 0 Å². The van der Waals surface area contributed by atoms with Crippen LogP contribution in [0.2, 0.25) is 10.0 Å². The van der Waals surface area contributed by atoms with Crippen molar-refractivity contribution in [3.05, 3.63) is 33.8 Å². The summed E-state index contributed by atoms with van der Waals surface area (Å²) in [7, 11) is -3.46. The predicted molar refractivity (Wildman–Crippen MR) is 87.0 cm³/mol. The molecule has 1 aliphatic rings. The van der Waals surface area contributed by atoms with Gasteiger partial charge in [-0.1, -0.05) is 36.0 Å². The molecule has 0 saturated heterocycles. The Labute approximate surface area is 136 Å². The molecule has 1 aromatic carbocycles. The molecule has 0 spiro atoms. The van der Waals surface area contributed by atoms with Gasteiger partial charge in [0, 0.05) is 22.6 Å². The van der Waals surface area contributed by atoms with Gasteiger partial charge in [-0.3, -0.25) is 0 Å². The van der Waals surface area contributed by atoms with Crippen molar-refractivity contribution in [3.63, 3.8) is 0 Å². The van der Waals surface area contributed by atoms with E-state index in [0.29, 0.717) is 28.1 Å². The number of halogens is 2. The van der Waals surface area contributed by atoms with Crippen molar-refractivity contribution in [2.45, 2.75) is 37.5 Å². The molecule has 1 aromatic rings. The number of rotatable bonds is 6. The van der Waals surface area contributed by atoms with E-state index in [1.165, 1.54) is 0 Å². The summed E-state index contributed by atoms with van der Waals surface area (Å²) >= 11 is 11.8. The van der Waals surface area contributed by atoms with Gasteiger partial charge in [0.1, 0.15) is 0 Å². The van der Waals surface area contributed by atoms with E-state index in [0.717, 1.165) is 25.7 Å². The maximum Gasteiger partial charge on any atom is 0.216 e. The monoisotopic (exact) mass is 350 g/mol. The molecule has 0 aliphatic heterocycles. The SMILES string of the molecule is NCC(NS(=O)(=O)Cc1cc(Cl)cc(Cl)c1)C1CCCC1. The van der Waals surface area contributed by atoms with Crippen molar-refractivity contribution in [2.24, 2.45) is 11.7 Å². The van der Waals surface area contributed by atoms with E-state index in [2.05, 4.69) is 4.72 Å². The fourth-order valence-corrected chi connectivity index (χ4v) is 4.89. The zero-order valence-corrected chi connectivity index (χ0v) is 14.0. The molecule has 0 amide bonds. The summed E-state index contributed by atoms with van der Waals surface area (Å²) in [6.07, 6.45) is 4.36. The Bertz CT molecular complexity index is 566. The van der Waals surface area contributed by atoms with Crippen LogP contribution >= 0.6 is 23.2 Å². The topological polar surface area (TPSA) is 72.2 Å². The summed E-state index contributed by atoms with van der Waals surface area (Å²) in [5, 5.41) is 0.859. The Morgan fingerprint density at radius 3 is 2.29 bits per heavy atom. The van der Waals surface area contributed by atoms with Crippen molar-refractivity contribution >= 4 is 33.2 Å². The van der Waals surface area contributed by atoms with Crippen molar-refractivity contribution in [2.75, 3.05) is 6.54 Å². The van der Waals surface area contributed by atoms with E-state index in [9.17, 15) is 8.42 Å². The fraction of sp³-hybridized carbons (Fsp3) is 0.571. The molecule has 1 saturated carbocycles. The maximum absolute atomic E-state index is 12.3. The van der Waals surface area contributed by atoms with Gasteiger partial charge in [-0.15, -0.1) is 0 Å². The lowest BCUT2D eigenvalue weighted by atomic mass is 9.99. The Hall–Kier alpha value is -0.330. The van der Waals surface area contributed by atoms with Crippen LogP contribution in [-0.4, -0.2) is 21.0 Å². The minimum absolute atomic E-state index is 0.142. The highest BCUT2D eigenvalue weighted by Gasteiger charge is 2.27. The summed E-state index contributed by atoms with van der Waals surface area (Å²) in [4.78, 5) is 0.